The van der Waals surface area contributed by atoms with E-state index in [1.807, 2.05) is 53.0 Å². The van der Waals surface area contributed by atoms with Crippen molar-refractivity contribution in [2.45, 2.75) is 33.6 Å². The van der Waals surface area contributed by atoms with Gasteiger partial charge in [0.2, 0.25) is 11.8 Å². The summed E-state index contributed by atoms with van der Waals surface area (Å²) in [5, 5.41) is 1.90. The summed E-state index contributed by atoms with van der Waals surface area (Å²) in [4.78, 5) is 44.2. The molecule has 0 aromatic carbocycles. The van der Waals surface area contributed by atoms with Gasteiger partial charge in [0.25, 0.3) is 5.91 Å². The van der Waals surface area contributed by atoms with Crippen molar-refractivity contribution in [1.82, 2.24) is 14.7 Å². The normalized spacial score (nSPS) is 21.3. The van der Waals surface area contributed by atoms with Gasteiger partial charge in [-0.15, -0.1) is 11.3 Å². The number of piperidine rings is 1. The van der Waals surface area contributed by atoms with Gasteiger partial charge in [-0.1, -0.05) is 26.8 Å². The minimum Gasteiger partial charge on any atom is -0.341 e. The molecule has 7 heteroatoms. The molecular weight excluding hydrogens is 362 g/mol. The maximum atomic E-state index is 13.0. The van der Waals surface area contributed by atoms with Crippen LogP contribution in [0.2, 0.25) is 0 Å². The minimum absolute atomic E-state index is 0.0525. The number of hydrogen-bond donors (Lipinski definition) is 0. The Bertz CT molecular complexity index is 688. The van der Waals surface area contributed by atoms with Crippen LogP contribution in [-0.2, 0) is 9.59 Å². The predicted octanol–water partition coefficient (Wildman–Crippen LogP) is 2.32. The lowest BCUT2D eigenvalue weighted by molar-refractivity contribution is -0.146. The topological polar surface area (TPSA) is 60.9 Å². The Balaban J connectivity index is 1.54. The van der Waals surface area contributed by atoms with E-state index in [2.05, 4.69) is 0 Å². The number of likely N-dealkylation sites (tertiary alicyclic amines) is 1. The Hall–Kier alpha value is -1.89. The highest BCUT2D eigenvalue weighted by molar-refractivity contribution is 7.12. The van der Waals surface area contributed by atoms with Gasteiger partial charge in [-0.25, -0.2) is 0 Å². The second-order valence-corrected chi connectivity index (χ2v) is 9.38. The molecular formula is C20H29N3O3S. The highest BCUT2D eigenvalue weighted by Crippen LogP contribution is 2.25. The van der Waals surface area contributed by atoms with Crippen LogP contribution in [-0.4, -0.2) is 71.7 Å². The van der Waals surface area contributed by atoms with Crippen LogP contribution in [0.3, 0.4) is 0 Å². The van der Waals surface area contributed by atoms with Crippen molar-refractivity contribution < 1.29 is 14.4 Å². The fourth-order valence-electron chi connectivity index (χ4n) is 3.78. The highest BCUT2D eigenvalue weighted by Gasteiger charge is 2.36. The Kier molecular flexibility index (Phi) is 5.89. The Morgan fingerprint density at radius 3 is 2.26 bits per heavy atom. The molecule has 1 atom stereocenters. The number of carbonyl (C=O) groups is 3. The summed E-state index contributed by atoms with van der Waals surface area (Å²) in [6.45, 7) is 9.30. The Morgan fingerprint density at radius 1 is 1.00 bits per heavy atom. The van der Waals surface area contributed by atoms with E-state index in [-0.39, 0.29) is 23.6 Å². The summed E-state index contributed by atoms with van der Waals surface area (Å²) in [6.07, 6.45) is 1.70. The molecule has 27 heavy (non-hydrogen) atoms. The smallest absolute Gasteiger partial charge is 0.264 e. The number of rotatable bonds is 2. The van der Waals surface area contributed by atoms with E-state index in [1.54, 1.807) is 0 Å². The van der Waals surface area contributed by atoms with Crippen molar-refractivity contribution in [2.75, 3.05) is 39.3 Å². The first-order valence-electron chi connectivity index (χ1n) is 9.68. The zero-order valence-electron chi connectivity index (χ0n) is 16.4. The van der Waals surface area contributed by atoms with E-state index in [0.717, 1.165) is 24.3 Å². The standard InChI is InChI=1S/C20H29N3O3S/c1-20(2,3)19(26)23-8-4-6-15(14-23)17(24)21-9-11-22(12-10-21)18(25)16-7-5-13-27-16/h5,7,13,15H,4,6,8-12,14H2,1-3H3. The summed E-state index contributed by atoms with van der Waals surface area (Å²) in [5.74, 6) is 0.178. The lowest BCUT2D eigenvalue weighted by atomic mass is 9.90. The van der Waals surface area contributed by atoms with Crippen LogP contribution >= 0.6 is 11.3 Å². The van der Waals surface area contributed by atoms with Crippen LogP contribution in [0.15, 0.2) is 17.5 Å². The Morgan fingerprint density at radius 2 is 1.67 bits per heavy atom. The van der Waals surface area contributed by atoms with Crippen molar-refractivity contribution >= 4 is 29.1 Å². The Labute approximate surface area is 165 Å². The average Bonchev–Trinajstić information content (AvgIpc) is 3.20. The molecule has 0 aliphatic carbocycles. The molecule has 3 amide bonds. The van der Waals surface area contributed by atoms with E-state index in [4.69, 9.17) is 0 Å². The summed E-state index contributed by atoms with van der Waals surface area (Å²) in [6, 6.07) is 3.72. The predicted molar refractivity (Wildman–Crippen MR) is 106 cm³/mol. The minimum atomic E-state index is -0.418. The third-order valence-corrected chi connectivity index (χ3v) is 6.17. The van der Waals surface area contributed by atoms with Crippen LogP contribution in [0.4, 0.5) is 0 Å². The average molecular weight is 392 g/mol. The molecule has 1 aromatic rings. The van der Waals surface area contributed by atoms with Crippen molar-refractivity contribution in [3.63, 3.8) is 0 Å². The maximum absolute atomic E-state index is 13.0. The van der Waals surface area contributed by atoms with E-state index < -0.39 is 5.41 Å². The number of nitrogens with zero attached hydrogens (tertiary/aromatic N) is 3. The van der Waals surface area contributed by atoms with E-state index in [0.29, 0.717) is 32.7 Å². The molecule has 0 N–H and O–H groups in total. The molecule has 1 aromatic heterocycles. The first kappa shape index (κ1) is 19.9. The largest absolute Gasteiger partial charge is 0.341 e. The third kappa shape index (κ3) is 4.51. The van der Waals surface area contributed by atoms with Gasteiger partial charge in [-0.2, -0.15) is 0 Å². The third-order valence-electron chi connectivity index (χ3n) is 5.31. The molecule has 3 heterocycles. The van der Waals surface area contributed by atoms with Crippen molar-refractivity contribution in [2.24, 2.45) is 11.3 Å². The molecule has 0 saturated carbocycles. The summed E-state index contributed by atoms with van der Waals surface area (Å²) in [5.41, 5.74) is -0.418. The van der Waals surface area contributed by atoms with Gasteiger partial charge in [-0.05, 0) is 24.3 Å². The van der Waals surface area contributed by atoms with Gasteiger partial charge in [0.15, 0.2) is 0 Å². The second-order valence-electron chi connectivity index (χ2n) is 8.44. The van der Waals surface area contributed by atoms with Crippen LogP contribution in [0.5, 0.6) is 0 Å². The fraction of sp³-hybridized carbons (Fsp3) is 0.650. The number of amides is 3. The van der Waals surface area contributed by atoms with Crippen molar-refractivity contribution in [3.05, 3.63) is 22.4 Å². The number of carbonyl (C=O) groups excluding carboxylic acids is 3. The van der Waals surface area contributed by atoms with Gasteiger partial charge in [0.1, 0.15) is 0 Å². The molecule has 0 bridgehead atoms. The first-order valence-corrected chi connectivity index (χ1v) is 10.6. The molecule has 0 radical (unpaired) electrons. The fourth-order valence-corrected chi connectivity index (χ4v) is 4.47. The zero-order chi connectivity index (χ0) is 19.6. The van der Waals surface area contributed by atoms with Crippen molar-refractivity contribution in [3.8, 4) is 0 Å². The number of hydrogen-bond acceptors (Lipinski definition) is 4. The van der Waals surface area contributed by atoms with E-state index in [9.17, 15) is 14.4 Å². The highest BCUT2D eigenvalue weighted by atomic mass is 32.1. The molecule has 6 nitrogen and oxygen atoms in total. The summed E-state index contributed by atoms with van der Waals surface area (Å²) in [7, 11) is 0. The first-order chi connectivity index (χ1) is 12.8. The van der Waals surface area contributed by atoms with Crippen LogP contribution in [0.25, 0.3) is 0 Å². The van der Waals surface area contributed by atoms with Crippen LogP contribution in [0.1, 0.15) is 43.3 Å². The molecule has 2 saturated heterocycles. The quantitative estimate of drug-likeness (QED) is 0.777. The zero-order valence-corrected chi connectivity index (χ0v) is 17.3. The molecule has 1 unspecified atom stereocenters. The van der Waals surface area contributed by atoms with Gasteiger partial charge < -0.3 is 14.7 Å². The molecule has 148 valence electrons. The van der Waals surface area contributed by atoms with E-state index in [1.165, 1.54) is 11.3 Å². The maximum Gasteiger partial charge on any atom is 0.264 e. The molecule has 2 fully saturated rings. The summed E-state index contributed by atoms with van der Waals surface area (Å²) >= 11 is 1.45. The molecule has 0 spiro atoms. The van der Waals surface area contributed by atoms with E-state index >= 15 is 0 Å². The van der Waals surface area contributed by atoms with Crippen molar-refractivity contribution in [1.29, 1.82) is 0 Å². The van der Waals surface area contributed by atoms with Gasteiger partial charge in [0.05, 0.1) is 10.8 Å². The number of thiophene rings is 1. The van der Waals surface area contributed by atoms with Crippen LogP contribution in [0, 0.1) is 11.3 Å². The van der Waals surface area contributed by atoms with Gasteiger partial charge in [-0.3, -0.25) is 14.4 Å². The molecule has 2 aliphatic heterocycles. The summed E-state index contributed by atoms with van der Waals surface area (Å²) < 4.78 is 0. The van der Waals surface area contributed by atoms with Crippen LogP contribution < -0.4 is 0 Å². The molecule has 3 rings (SSSR count). The molecule has 2 aliphatic rings. The van der Waals surface area contributed by atoms with Gasteiger partial charge >= 0.3 is 0 Å². The SMILES string of the molecule is CC(C)(C)C(=O)N1CCCC(C(=O)N2CCN(C(=O)c3cccs3)CC2)C1. The second kappa shape index (κ2) is 8.00. The monoisotopic (exact) mass is 391 g/mol. The van der Waals surface area contributed by atoms with Gasteiger partial charge in [0, 0.05) is 44.7 Å². The number of piperazine rings is 1. The lowest BCUT2D eigenvalue weighted by Crippen LogP contribution is -2.54. The lowest BCUT2D eigenvalue weighted by Gasteiger charge is -2.40.